The monoisotopic (exact) mass is 384 g/mol. The van der Waals surface area contributed by atoms with Crippen LogP contribution in [-0.2, 0) is 10.0 Å². The molecule has 0 saturated carbocycles. The Morgan fingerprint density at radius 3 is 2.42 bits per heavy atom. The second-order valence-electron chi connectivity index (χ2n) is 5.43. The summed E-state index contributed by atoms with van der Waals surface area (Å²) in [4.78, 5) is 0.0271. The molecule has 3 rings (SSSR count). The van der Waals surface area contributed by atoms with E-state index in [1.165, 1.54) is 18.2 Å². The summed E-state index contributed by atoms with van der Waals surface area (Å²) in [6.45, 7) is 0. The number of halogens is 1. The van der Waals surface area contributed by atoms with Crippen LogP contribution >= 0.6 is 12.6 Å². The van der Waals surface area contributed by atoms with Gasteiger partial charge in [-0.05, 0) is 41.5 Å². The van der Waals surface area contributed by atoms with Crippen LogP contribution in [0.5, 0.6) is 0 Å². The Balaban J connectivity index is 1.99. The largest absolute Gasteiger partial charge is 0.277 e. The summed E-state index contributed by atoms with van der Waals surface area (Å²) >= 11 is 4.20. The van der Waals surface area contributed by atoms with E-state index in [0.29, 0.717) is 16.7 Å². The zero-order chi connectivity index (χ0) is 18.7. The summed E-state index contributed by atoms with van der Waals surface area (Å²) in [7, 11) is -3.91. The van der Waals surface area contributed by atoms with Crippen LogP contribution < -0.4 is 4.72 Å². The van der Waals surface area contributed by atoms with Crippen LogP contribution in [0.2, 0.25) is 0 Å². The third kappa shape index (κ3) is 3.57. The second-order valence-corrected chi connectivity index (χ2v) is 7.56. The summed E-state index contributed by atoms with van der Waals surface area (Å²) in [6, 6.07) is 19.3. The number of sulfonamides is 1. The predicted molar refractivity (Wildman–Crippen MR) is 101 cm³/mol. The normalized spacial score (nSPS) is 11.0. The van der Waals surface area contributed by atoms with E-state index in [1.807, 2.05) is 6.07 Å². The van der Waals surface area contributed by atoms with E-state index in [0.717, 1.165) is 0 Å². The molecule has 26 heavy (non-hydrogen) atoms. The maximum atomic E-state index is 14.7. The average molecular weight is 384 g/mol. The Bertz CT molecular complexity index is 1110. The minimum atomic E-state index is -3.91. The molecule has 0 aliphatic carbocycles. The standard InChI is InChI=1S/C19H13FN2O2S2/c20-18-17(22-26(23,24)15-7-2-1-3-8-15)10-9-16(19(18)25)14-6-4-5-13(11-14)12-21/h1-11,22,25H. The van der Waals surface area contributed by atoms with E-state index in [2.05, 4.69) is 17.4 Å². The number of rotatable bonds is 4. The highest BCUT2D eigenvalue weighted by Crippen LogP contribution is 2.33. The highest BCUT2D eigenvalue weighted by Gasteiger charge is 2.19. The third-order valence-electron chi connectivity index (χ3n) is 3.72. The van der Waals surface area contributed by atoms with Crippen LogP contribution in [0.1, 0.15) is 5.56 Å². The molecular formula is C19H13FN2O2S2. The first kappa shape index (κ1) is 18.0. The van der Waals surface area contributed by atoms with Gasteiger partial charge in [0.15, 0.2) is 5.82 Å². The van der Waals surface area contributed by atoms with Crippen molar-refractivity contribution in [1.82, 2.24) is 0 Å². The molecule has 1 N–H and O–H groups in total. The predicted octanol–water partition coefficient (Wildman–Crippen LogP) is 4.45. The van der Waals surface area contributed by atoms with Crippen molar-refractivity contribution in [2.45, 2.75) is 9.79 Å². The van der Waals surface area contributed by atoms with Crippen LogP contribution in [-0.4, -0.2) is 8.42 Å². The molecule has 0 heterocycles. The van der Waals surface area contributed by atoms with Crippen molar-refractivity contribution in [3.05, 3.63) is 78.1 Å². The van der Waals surface area contributed by atoms with Crippen LogP contribution in [0.25, 0.3) is 11.1 Å². The first-order valence-electron chi connectivity index (χ1n) is 7.52. The van der Waals surface area contributed by atoms with E-state index in [9.17, 15) is 12.8 Å². The number of anilines is 1. The molecule has 130 valence electrons. The topological polar surface area (TPSA) is 70.0 Å². The molecule has 7 heteroatoms. The van der Waals surface area contributed by atoms with Gasteiger partial charge in [0.05, 0.1) is 22.2 Å². The van der Waals surface area contributed by atoms with Gasteiger partial charge in [0.2, 0.25) is 0 Å². The van der Waals surface area contributed by atoms with Crippen molar-refractivity contribution in [3.8, 4) is 17.2 Å². The van der Waals surface area contributed by atoms with E-state index < -0.39 is 15.8 Å². The molecule has 0 amide bonds. The molecule has 4 nitrogen and oxygen atoms in total. The van der Waals surface area contributed by atoms with Crippen LogP contribution in [0.3, 0.4) is 0 Å². The zero-order valence-corrected chi connectivity index (χ0v) is 15.1. The van der Waals surface area contributed by atoms with Crippen LogP contribution in [0.15, 0.2) is 76.5 Å². The van der Waals surface area contributed by atoms with Crippen LogP contribution in [0, 0.1) is 17.1 Å². The summed E-state index contributed by atoms with van der Waals surface area (Å²) in [6.07, 6.45) is 0. The molecule has 0 unspecified atom stereocenters. The van der Waals surface area contributed by atoms with Gasteiger partial charge in [-0.3, -0.25) is 4.72 Å². The van der Waals surface area contributed by atoms with Crippen molar-refractivity contribution >= 4 is 28.3 Å². The maximum Gasteiger partial charge on any atom is 0.261 e. The van der Waals surface area contributed by atoms with Gasteiger partial charge in [-0.25, -0.2) is 12.8 Å². The summed E-state index contributed by atoms with van der Waals surface area (Å²) in [5.74, 6) is -0.785. The number of hydrogen-bond donors (Lipinski definition) is 2. The zero-order valence-electron chi connectivity index (χ0n) is 13.3. The lowest BCUT2D eigenvalue weighted by Gasteiger charge is -2.13. The number of nitrogens with zero attached hydrogens (tertiary/aromatic N) is 1. The molecule has 0 aromatic heterocycles. The quantitative estimate of drug-likeness (QED) is 0.653. The molecule has 0 bridgehead atoms. The van der Waals surface area contributed by atoms with E-state index in [-0.39, 0.29) is 15.5 Å². The SMILES string of the molecule is N#Cc1cccc(-c2ccc(NS(=O)(=O)c3ccccc3)c(F)c2S)c1. The second kappa shape index (κ2) is 7.20. The van der Waals surface area contributed by atoms with Gasteiger partial charge < -0.3 is 0 Å². The van der Waals surface area contributed by atoms with E-state index >= 15 is 0 Å². The van der Waals surface area contributed by atoms with Gasteiger partial charge >= 0.3 is 0 Å². The lowest BCUT2D eigenvalue weighted by molar-refractivity contribution is 0.594. The first-order valence-corrected chi connectivity index (χ1v) is 9.45. The molecule has 0 atom stereocenters. The third-order valence-corrected chi connectivity index (χ3v) is 5.54. The number of nitrogens with one attached hydrogen (secondary N) is 1. The molecule has 0 aliphatic rings. The van der Waals surface area contributed by atoms with Gasteiger partial charge in [0.25, 0.3) is 10.0 Å². The number of hydrogen-bond acceptors (Lipinski definition) is 4. The van der Waals surface area contributed by atoms with E-state index in [4.69, 9.17) is 5.26 Å². The van der Waals surface area contributed by atoms with Crippen LogP contribution in [0.4, 0.5) is 10.1 Å². The van der Waals surface area contributed by atoms with Crippen molar-refractivity contribution < 1.29 is 12.8 Å². The summed E-state index contributed by atoms with van der Waals surface area (Å²) in [5.41, 5.74) is 1.32. The fraction of sp³-hybridized carbons (Fsp3) is 0. The fourth-order valence-corrected chi connectivity index (χ4v) is 3.84. The Kier molecular flexibility index (Phi) is 4.98. The smallest absolute Gasteiger partial charge is 0.261 e. The van der Waals surface area contributed by atoms with Gasteiger partial charge in [-0.1, -0.05) is 36.4 Å². The number of benzene rings is 3. The molecule has 3 aromatic carbocycles. The molecule has 0 spiro atoms. The molecule has 0 fully saturated rings. The maximum absolute atomic E-state index is 14.7. The van der Waals surface area contributed by atoms with E-state index in [1.54, 1.807) is 48.5 Å². The van der Waals surface area contributed by atoms with Crippen molar-refractivity contribution in [1.29, 1.82) is 5.26 Å². The van der Waals surface area contributed by atoms with Crippen molar-refractivity contribution in [2.75, 3.05) is 4.72 Å². The first-order chi connectivity index (χ1) is 12.4. The molecular weight excluding hydrogens is 371 g/mol. The molecule has 0 aliphatic heterocycles. The molecule has 0 saturated heterocycles. The lowest BCUT2D eigenvalue weighted by atomic mass is 10.0. The summed E-state index contributed by atoms with van der Waals surface area (Å²) < 4.78 is 41.7. The van der Waals surface area contributed by atoms with Gasteiger partial charge in [0, 0.05) is 4.90 Å². The Hall–Kier alpha value is -2.82. The number of thiol groups is 1. The highest BCUT2D eigenvalue weighted by molar-refractivity contribution is 7.92. The lowest BCUT2D eigenvalue weighted by Crippen LogP contribution is -2.14. The Morgan fingerprint density at radius 1 is 1.00 bits per heavy atom. The van der Waals surface area contributed by atoms with Gasteiger partial charge in [-0.2, -0.15) is 5.26 Å². The minimum Gasteiger partial charge on any atom is -0.277 e. The Labute approximate surface area is 156 Å². The van der Waals surface area contributed by atoms with Gasteiger partial charge in [0.1, 0.15) is 0 Å². The number of nitriles is 1. The summed E-state index contributed by atoms with van der Waals surface area (Å²) in [5, 5.41) is 8.99. The molecule has 0 radical (unpaired) electrons. The average Bonchev–Trinajstić information content (AvgIpc) is 2.66. The Morgan fingerprint density at radius 2 is 1.73 bits per heavy atom. The highest BCUT2D eigenvalue weighted by atomic mass is 32.2. The van der Waals surface area contributed by atoms with Gasteiger partial charge in [-0.15, -0.1) is 12.6 Å². The molecule has 3 aromatic rings. The minimum absolute atomic E-state index is 0.00616. The van der Waals surface area contributed by atoms with Crippen molar-refractivity contribution in [2.24, 2.45) is 0 Å². The fourth-order valence-electron chi connectivity index (χ4n) is 2.44. The van der Waals surface area contributed by atoms with Crippen molar-refractivity contribution in [3.63, 3.8) is 0 Å².